The maximum Gasteiger partial charge on any atom is 0.238 e. The summed E-state index contributed by atoms with van der Waals surface area (Å²) in [5.41, 5.74) is 0.417. The lowest BCUT2D eigenvalue weighted by Crippen LogP contribution is -2.11. The van der Waals surface area contributed by atoms with Crippen LogP contribution in [0.5, 0.6) is 0 Å². The van der Waals surface area contributed by atoms with Crippen molar-refractivity contribution >= 4 is 11.6 Å². The van der Waals surface area contributed by atoms with Crippen molar-refractivity contribution in [2.24, 2.45) is 0 Å². The number of nitriles is 1. The number of rotatable bonds is 2. The number of nitrogens with one attached hydrogen (secondary N) is 1. The van der Waals surface area contributed by atoms with E-state index in [9.17, 15) is 9.18 Å². The second-order valence-corrected chi connectivity index (χ2v) is 2.72. The fraction of sp³-hybridized carbons (Fsp3) is 0.0909. The maximum atomic E-state index is 13.2. The third kappa shape index (κ3) is 2.82. The molecule has 1 amide bonds. The first-order valence-corrected chi connectivity index (χ1v) is 4.10. The van der Waals surface area contributed by atoms with Gasteiger partial charge in [0.05, 0.1) is 11.8 Å². The largest absolute Gasteiger partial charge is 0.323 e. The van der Waals surface area contributed by atoms with Crippen LogP contribution >= 0.6 is 0 Å². The number of hydrogen-bond donors (Lipinski definition) is 1. The Hall–Kier alpha value is -2.33. The fourth-order valence-electron chi connectivity index (χ4n) is 0.972. The van der Waals surface area contributed by atoms with E-state index in [4.69, 9.17) is 11.7 Å². The standard InChI is InChI=1S/C11H7FN2O/c1-2-8-3-4-10(9(12)7-8)14-11(15)5-6-13/h1,3-4,7H,5H2,(H,14,15). The maximum absolute atomic E-state index is 13.2. The molecule has 4 heteroatoms. The van der Waals surface area contributed by atoms with E-state index >= 15 is 0 Å². The summed E-state index contributed by atoms with van der Waals surface area (Å²) in [6.45, 7) is 0. The van der Waals surface area contributed by atoms with Crippen LogP contribution in [0.4, 0.5) is 10.1 Å². The van der Waals surface area contributed by atoms with E-state index in [1.165, 1.54) is 12.1 Å². The molecule has 0 aromatic heterocycles. The highest BCUT2D eigenvalue weighted by Gasteiger charge is 2.06. The second kappa shape index (κ2) is 4.78. The first-order chi connectivity index (χ1) is 7.17. The molecule has 1 aromatic carbocycles. The molecule has 0 radical (unpaired) electrons. The summed E-state index contributed by atoms with van der Waals surface area (Å²) in [6, 6.07) is 5.67. The van der Waals surface area contributed by atoms with Crippen molar-refractivity contribution < 1.29 is 9.18 Å². The van der Waals surface area contributed by atoms with E-state index in [1.807, 2.05) is 0 Å². The first kappa shape index (κ1) is 10.7. The minimum atomic E-state index is -0.614. The highest BCUT2D eigenvalue weighted by Crippen LogP contribution is 2.15. The first-order valence-electron chi connectivity index (χ1n) is 4.10. The van der Waals surface area contributed by atoms with Crippen molar-refractivity contribution in [1.82, 2.24) is 0 Å². The molecule has 15 heavy (non-hydrogen) atoms. The highest BCUT2D eigenvalue weighted by atomic mass is 19.1. The highest BCUT2D eigenvalue weighted by molar-refractivity contribution is 5.92. The Balaban J connectivity index is 2.85. The van der Waals surface area contributed by atoms with Gasteiger partial charge in [-0.05, 0) is 18.2 Å². The molecule has 0 aliphatic rings. The summed E-state index contributed by atoms with van der Waals surface area (Å²) in [5.74, 6) is 1.10. The van der Waals surface area contributed by atoms with Crippen molar-refractivity contribution in [3.05, 3.63) is 29.6 Å². The molecule has 0 fully saturated rings. The van der Waals surface area contributed by atoms with Gasteiger partial charge < -0.3 is 5.32 Å². The molecule has 74 valence electrons. The molecule has 0 aliphatic carbocycles. The zero-order valence-electron chi connectivity index (χ0n) is 7.75. The number of carbonyl (C=O) groups is 1. The van der Waals surface area contributed by atoms with Crippen LogP contribution < -0.4 is 5.32 Å². The van der Waals surface area contributed by atoms with Crippen LogP contribution in [0.25, 0.3) is 0 Å². The smallest absolute Gasteiger partial charge is 0.238 e. The Morgan fingerprint density at radius 1 is 1.60 bits per heavy atom. The van der Waals surface area contributed by atoms with Gasteiger partial charge in [-0.15, -0.1) is 6.42 Å². The van der Waals surface area contributed by atoms with Gasteiger partial charge in [0, 0.05) is 5.56 Å². The molecule has 1 aromatic rings. The summed E-state index contributed by atoms with van der Waals surface area (Å²) in [4.78, 5) is 11.0. The van der Waals surface area contributed by atoms with E-state index in [-0.39, 0.29) is 12.1 Å². The van der Waals surface area contributed by atoms with Crippen LogP contribution in [0.3, 0.4) is 0 Å². The number of nitrogens with zero attached hydrogens (tertiary/aromatic N) is 1. The molecule has 3 nitrogen and oxygen atoms in total. The van der Waals surface area contributed by atoms with E-state index in [0.717, 1.165) is 6.07 Å². The van der Waals surface area contributed by atoms with E-state index in [0.29, 0.717) is 5.56 Å². The van der Waals surface area contributed by atoms with Gasteiger partial charge in [0.15, 0.2) is 0 Å². The van der Waals surface area contributed by atoms with Crippen LogP contribution in [-0.2, 0) is 4.79 Å². The number of anilines is 1. The van der Waals surface area contributed by atoms with E-state index in [2.05, 4.69) is 11.2 Å². The average Bonchev–Trinajstić information content (AvgIpc) is 2.21. The number of carbonyl (C=O) groups excluding carboxylic acids is 1. The van der Waals surface area contributed by atoms with Gasteiger partial charge in [-0.1, -0.05) is 5.92 Å². The number of amides is 1. The molecule has 1 rings (SSSR count). The van der Waals surface area contributed by atoms with Crippen molar-refractivity contribution in [3.63, 3.8) is 0 Å². The van der Waals surface area contributed by atoms with Gasteiger partial charge in [-0.2, -0.15) is 5.26 Å². The number of hydrogen-bond acceptors (Lipinski definition) is 2. The predicted molar refractivity (Wildman–Crippen MR) is 53.2 cm³/mol. The molecule has 0 unspecified atom stereocenters. The van der Waals surface area contributed by atoms with E-state index < -0.39 is 11.7 Å². The van der Waals surface area contributed by atoms with Crippen LogP contribution in [0.2, 0.25) is 0 Å². The summed E-state index contributed by atoms with van der Waals surface area (Å²) in [5, 5.41) is 10.5. The Bertz CT molecular complexity index is 468. The van der Waals surface area contributed by atoms with Gasteiger partial charge in [0.25, 0.3) is 0 Å². The normalized spacial score (nSPS) is 8.73. The lowest BCUT2D eigenvalue weighted by molar-refractivity contribution is -0.115. The van der Waals surface area contributed by atoms with Gasteiger partial charge in [-0.3, -0.25) is 4.79 Å². The topological polar surface area (TPSA) is 52.9 Å². The lowest BCUT2D eigenvalue weighted by Gasteiger charge is -2.04. The minimum Gasteiger partial charge on any atom is -0.323 e. The quantitative estimate of drug-likeness (QED) is 0.741. The summed E-state index contributed by atoms with van der Waals surface area (Å²) >= 11 is 0. The molecular weight excluding hydrogens is 195 g/mol. The molecule has 1 N–H and O–H groups in total. The SMILES string of the molecule is C#Cc1ccc(NC(=O)CC#N)c(F)c1. The summed E-state index contributed by atoms with van der Waals surface area (Å²) in [6.07, 6.45) is 4.76. The number of halogens is 1. The zero-order chi connectivity index (χ0) is 11.3. The van der Waals surface area contributed by atoms with Gasteiger partial charge >= 0.3 is 0 Å². The van der Waals surface area contributed by atoms with Crippen LogP contribution in [0.1, 0.15) is 12.0 Å². The summed E-state index contributed by atoms with van der Waals surface area (Å²) in [7, 11) is 0. The minimum absolute atomic E-state index is 0.0225. The number of benzene rings is 1. The zero-order valence-corrected chi connectivity index (χ0v) is 7.75. The lowest BCUT2D eigenvalue weighted by atomic mass is 10.2. The van der Waals surface area contributed by atoms with Gasteiger partial charge in [-0.25, -0.2) is 4.39 Å². The van der Waals surface area contributed by atoms with Crippen LogP contribution in [-0.4, -0.2) is 5.91 Å². The molecule has 0 bridgehead atoms. The third-order valence-electron chi connectivity index (χ3n) is 1.65. The molecular formula is C11H7FN2O. The van der Waals surface area contributed by atoms with Crippen molar-refractivity contribution in [3.8, 4) is 18.4 Å². The third-order valence-corrected chi connectivity index (χ3v) is 1.65. The molecule has 0 heterocycles. The molecule has 0 aliphatic heterocycles. The van der Waals surface area contributed by atoms with Gasteiger partial charge in [0.2, 0.25) is 5.91 Å². The second-order valence-electron chi connectivity index (χ2n) is 2.72. The summed E-state index contributed by atoms with van der Waals surface area (Å²) < 4.78 is 13.2. The molecule has 0 atom stereocenters. The average molecular weight is 202 g/mol. The van der Waals surface area contributed by atoms with Crippen molar-refractivity contribution in [2.45, 2.75) is 6.42 Å². The monoisotopic (exact) mass is 202 g/mol. The van der Waals surface area contributed by atoms with Crippen LogP contribution in [0, 0.1) is 29.5 Å². The Kier molecular flexibility index (Phi) is 3.43. The van der Waals surface area contributed by atoms with Crippen LogP contribution in [0.15, 0.2) is 18.2 Å². The van der Waals surface area contributed by atoms with Crippen molar-refractivity contribution in [2.75, 3.05) is 5.32 Å². The fourth-order valence-corrected chi connectivity index (χ4v) is 0.972. The Morgan fingerprint density at radius 2 is 2.33 bits per heavy atom. The molecule has 0 saturated heterocycles. The van der Waals surface area contributed by atoms with E-state index in [1.54, 1.807) is 6.07 Å². The molecule has 0 spiro atoms. The van der Waals surface area contributed by atoms with Gasteiger partial charge in [0.1, 0.15) is 12.2 Å². The molecule has 0 saturated carbocycles. The predicted octanol–water partition coefficient (Wildman–Crippen LogP) is 1.66. The Morgan fingerprint density at radius 3 is 2.87 bits per heavy atom. The Labute approximate surface area is 86.5 Å². The van der Waals surface area contributed by atoms with Crippen molar-refractivity contribution in [1.29, 1.82) is 5.26 Å². The number of terminal acetylenes is 1.